The van der Waals surface area contributed by atoms with Crippen molar-refractivity contribution >= 4 is 5.97 Å². The van der Waals surface area contributed by atoms with E-state index in [1.54, 1.807) is 0 Å². The van der Waals surface area contributed by atoms with E-state index >= 15 is 0 Å². The molecule has 0 aromatic heterocycles. The van der Waals surface area contributed by atoms with E-state index in [1.165, 1.54) is 0 Å². The van der Waals surface area contributed by atoms with Gasteiger partial charge in [0.15, 0.2) is 6.10 Å². The molecule has 0 amide bonds. The molecular weight excluding hydrogens is 166 g/mol. The third kappa shape index (κ3) is 1.42. The number of carbonyl (C=O) groups is 1. The molecule has 1 rings (SSSR count). The van der Waals surface area contributed by atoms with Crippen molar-refractivity contribution in [3.63, 3.8) is 0 Å². The van der Waals surface area contributed by atoms with E-state index in [2.05, 4.69) is 0 Å². The van der Waals surface area contributed by atoms with Gasteiger partial charge in [0.2, 0.25) is 0 Å². The van der Waals surface area contributed by atoms with Crippen LogP contribution in [0.25, 0.3) is 0 Å². The van der Waals surface area contributed by atoms with Gasteiger partial charge in [-0.3, -0.25) is 0 Å². The molecule has 12 heavy (non-hydrogen) atoms. The van der Waals surface area contributed by atoms with Gasteiger partial charge in [0.05, 0.1) is 6.10 Å². The number of aliphatic carboxylic acids is 1. The molecule has 1 saturated heterocycles. The van der Waals surface area contributed by atoms with Gasteiger partial charge in [-0.25, -0.2) is 4.79 Å². The zero-order valence-corrected chi connectivity index (χ0v) is 6.25. The Morgan fingerprint density at radius 1 is 1.42 bits per heavy atom. The lowest BCUT2D eigenvalue weighted by Crippen LogP contribution is -2.37. The number of carboxylic acid groups (broad SMARTS) is 1. The van der Waals surface area contributed by atoms with E-state index in [1.807, 2.05) is 0 Å². The molecule has 0 radical (unpaired) electrons. The first-order valence-electron chi connectivity index (χ1n) is 3.52. The maximum Gasteiger partial charge on any atom is 0.335 e. The molecule has 6 heteroatoms. The van der Waals surface area contributed by atoms with E-state index in [-0.39, 0.29) is 6.54 Å². The van der Waals surface area contributed by atoms with Crippen LogP contribution in [0.5, 0.6) is 0 Å². The van der Waals surface area contributed by atoms with Crippen molar-refractivity contribution in [3.05, 3.63) is 0 Å². The van der Waals surface area contributed by atoms with Crippen LogP contribution in [0.1, 0.15) is 0 Å². The largest absolute Gasteiger partial charge is 0.479 e. The first kappa shape index (κ1) is 9.40. The van der Waals surface area contributed by atoms with Gasteiger partial charge in [-0.2, -0.15) is 0 Å². The van der Waals surface area contributed by atoms with Gasteiger partial charge in [0.25, 0.3) is 0 Å². The zero-order valence-electron chi connectivity index (χ0n) is 6.25. The average molecular weight is 177 g/mol. The van der Waals surface area contributed by atoms with Gasteiger partial charge in [-0.1, -0.05) is 0 Å². The maximum absolute atomic E-state index is 10.4. The highest BCUT2D eigenvalue weighted by atomic mass is 16.6. The van der Waals surface area contributed by atoms with Crippen LogP contribution in [-0.2, 0) is 9.53 Å². The lowest BCUT2D eigenvalue weighted by Gasteiger charge is -2.10. The van der Waals surface area contributed by atoms with Crippen LogP contribution >= 0.6 is 0 Å². The normalized spacial score (nSPS) is 41.6. The van der Waals surface area contributed by atoms with Crippen molar-refractivity contribution in [1.29, 1.82) is 0 Å². The molecular formula is C6H11NO5. The molecule has 0 spiro atoms. The summed E-state index contributed by atoms with van der Waals surface area (Å²) in [5.74, 6) is -1.29. The van der Waals surface area contributed by atoms with E-state index in [9.17, 15) is 4.79 Å². The Hall–Kier alpha value is -0.690. The van der Waals surface area contributed by atoms with Crippen LogP contribution < -0.4 is 5.73 Å². The molecule has 1 heterocycles. The minimum absolute atomic E-state index is 0.0119. The molecule has 0 aromatic carbocycles. The molecule has 1 fully saturated rings. The van der Waals surface area contributed by atoms with Gasteiger partial charge in [0.1, 0.15) is 12.2 Å². The van der Waals surface area contributed by atoms with Crippen molar-refractivity contribution in [3.8, 4) is 0 Å². The summed E-state index contributed by atoms with van der Waals surface area (Å²) >= 11 is 0. The number of rotatable bonds is 2. The average Bonchev–Trinajstić information content (AvgIpc) is 2.30. The summed E-state index contributed by atoms with van der Waals surface area (Å²) in [6.07, 6.45) is -4.76. The summed E-state index contributed by atoms with van der Waals surface area (Å²) in [6, 6.07) is 0. The molecule has 1 aliphatic rings. The second-order valence-electron chi connectivity index (χ2n) is 2.65. The fourth-order valence-electron chi connectivity index (χ4n) is 1.15. The minimum Gasteiger partial charge on any atom is -0.479 e. The molecule has 0 aromatic rings. The van der Waals surface area contributed by atoms with E-state index in [0.717, 1.165) is 0 Å². The molecule has 5 N–H and O–H groups in total. The Kier molecular flexibility index (Phi) is 2.63. The van der Waals surface area contributed by atoms with Crippen LogP contribution in [0.15, 0.2) is 0 Å². The molecule has 4 atom stereocenters. The van der Waals surface area contributed by atoms with E-state index in [0.29, 0.717) is 0 Å². The monoisotopic (exact) mass is 177 g/mol. The first-order chi connectivity index (χ1) is 5.57. The molecule has 1 unspecified atom stereocenters. The summed E-state index contributed by atoms with van der Waals surface area (Å²) < 4.78 is 4.77. The quantitative estimate of drug-likeness (QED) is 0.371. The summed E-state index contributed by atoms with van der Waals surface area (Å²) in [7, 11) is 0. The van der Waals surface area contributed by atoms with Gasteiger partial charge >= 0.3 is 5.97 Å². The smallest absolute Gasteiger partial charge is 0.335 e. The van der Waals surface area contributed by atoms with Crippen molar-refractivity contribution in [2.24, 2.45) is 5.73 Å². The third-order valence-corrected chi connectivity index (χ3v) is 1.84. The number of carboxylic acids is 1. The van der Waals surface area contributed by atoms with Crippen molar-refractivity contribution in [1.82, 2.24) is 0 Å². The Bertz CT molecular complexity index is 185. The molecule has 70 valence electrons. The lowest BCUT2D eigenvalue weighted by atomic mass is 10.1. The standard InChI is InChI=1S/C6H11NO5/c7-1-2-3(8)4(9)5(12-2)6(10)11/h2-5,8-9H,1,7H2,(H,10,11)/t2-,3?,4+,5-/m1/s1. The number of nitrogens with two attached hydrogens (primary N) is 1. The highest BCUT2D eigenvalue weighted by Crippen LogP contribution is 2.20. The molecule has 0 aliphatic carbocycles. The van der Waals surface area contributed by atoms with Gasteiger partial charge in [-0.15, -0.1) is 0 Å². The molecule has 0 bridgehead atoms. The van der Waals surface area contributed by atoms with E-state index in [4.69, 9.17) is 25.8 Å². The lowest BCUT2D eigenvalue weighted by molar-refractivity contribution is -0.153. The highest BCUT2D eigenvalue weighted by molar-refractivity contribution is 5.73. The van der Waals surface area contributed by atoms with Crippen LogP contribution in [0.4, 0.5) is 0 Å². The summed E-state index contributed by atoms with van der Waals surface area (Å²) in [4.78, 5) is 10.4. The van der Waals surface area contributed by atoms with Gasteiger partial charge in [0, 0.05) is 6.54 Å². The number of hydrogen-bond acceptors (Lipinski definition) is 5. The Labute approximate surface area is 68.6 Å². The number of ether oxygens (including phenoxy) is 1. The molecule has 1 aliphatic heterocycles. The van der Waals surface area contributed by atoms with Crippen LogP contribution in [0.3, 0.4) is 0 Å². The van der Waals surface area contributed by atoms with Crippen LogP contribution in [0.2, 0.25) is 0 Å². The van der Waals surface area contributed by atoms with Crippen molar-refractivity contribution in [2.75, 3.05) is 6.54 Å². The van der Waals surface area contributed by atoms with Crippen LogP contribution in [-0.4, -0.2) is 52.2 Å². The van der Waals surface area contributed by atoms with Crippen molar-refractivity contribution < 1.29 is 24.9 Å². The first-order valence-corrected chi connectivity index (χ1v) is 3.52. The second kappa shape index (κ2) is 3.36. The number of aliphatic hydroxyl groups excluding tert-OH is 2. The third-order valence-electron chi connectivity index (χ3n) is 1.84. The van der Waals surface area contributed by atoms with Gasteiger partial charge < -0.3 is 25.8 Å². The summed E-state index contributed by atoms with van der Waals surface area (Å²) in [5.41, 5.74) is 5.16. The topological polar surface area (TPSA) is 113 Å². The van der Waals surface area contributed by atoms with Crippen molar-refractivity contribution in [2.45, 2.75) is 24.4 Å². The summed E-state index contributed by atoms with van der Waals surface area (Å²) in [6.45, 7) is -0.0119. The molecule has 0 saturated carbocycles. The number of hydrogen-bond donors (Lipinski definition) is 4. The summed E-state index contributed by atoms with van der Waals surface area (Å²) in [5, 5.41) is 26.8. The minimum atomic E-state index is -1.39. The highest BCUT2D eigenvalue weighted by Gasteiger charge is 2.45. The fourth-order valence-corrected chi connectivity index (χ4v) is 1.15. The Morgan fingerprint density at radius 2 is 2.00 bits per heavy atom. The van der Waals surface area contributed by atoms with E-state index < -0.39 is 30.4 Å². The predicted molar refractivity (Wildman–Crippen MR) is 37.4 cm³/mol. The SMILES string of the molecule is NC[C@H]1O[C@@H](C(=O)O)[C@@H](O)C1O. The fraction of sp³-hybridized carbons (Fsp3) is 0.833. The second-order valence-corrected chi connectivity index (χ2v) is 2.65. The molecule has 6 nitrogen and oxygen atoms in total. The maximum atomic E-state index is 10.4. The Morgan fingerprint density at radius 3 is 2.25 bits per heavy atom. The Balaban J connectivity index is 2.66. The van der Waals surface area contributed by atoms with Gasteiger partial charge in [-0.05, 0) is 0 Å². The number of aliphatic hydroxyl groups is 2. The predicted octanol–water partition coefficient (Wildman–Crippen LogP) is -2.48. The zero-order chi connectivity index (χ0) is 9.30. The van der Waals surface area contributed by atoms with Crippen LogP contribution in [0, 0.1) is 0 Å².